The number of fused-ring (bicyclic) bond motifs is 4. The summed E-state index contributed by atoms with van der Waals surface area (Å²) >= 11 is 0. The van der Waals surface area contributed by atoms with E-state index >= 15 is 0 Å². The zero-order valence-electron chi connectivity index (χ0n) is 26.8. The van der Waals surface area contributed by atoms with Gasteiger partial charge in [-0.2, -0.15) is 0 Å². The Balaban J connectivity index is 0.000000191. The van der Waals surface area contributed by atoms with Gasteiger partial charge in [-0.15, -0.1) is 0 Å². The number of rotatable bonds is 6. The predicted molar refractivity (Wildman–Crippen MR) is 170 cm³/mol. The van der Waals surface area contributed by atoms with Crippen LogP contribution < -0.4 is 0 Å². The number of allylic oxidation sites excluding steroid dienone is 2. The highest BCUT2D eigenvalue weighted by Gasteiger charge is 2.51. The van der Waals surface area contributed by atoms with E-state index in [9.17, 15) is 0 Å². The summed E-state index contributed by atoms with van der Waals surface area (Å²) in [4.78, 5) is 4.31. The molecular formula is C38H55NO2. The highest BCUT2D eigenvalue weighted by molar-refractivity contribution is 5.29. The third-order valence-electron chi connectivity index (χ3n) is 10.8. The second kappa shape index (κ2) is 12.7. The van der Waals surface area contributed by atoms with Crippen molar-refractivity contribution < 1.29 is 9.47 Å². The molecule has 0 aliphatic heterocycles. The van der Waals surface area contributed by atoms with E-state index in [0.717, 1.165) is 49.8 Å². The van der Waals surface area contributed by atoms with Crippen LogP contribution in [-0.4, -0.2) is 24.5 Å². The minimum Gasteiger partial charge on any atom is -0.353 e. The quantitative estimate of drug-likeness (QED) is 0.262. The van der Waals surface area contributed by atoms with Crippen molar-refractivity contribution in [2.75, 3.05) is 13.7 Å². The third kappa shape index (κ3) is 7.34. The molecule has 1 heterocycles. The van der Waals surface area contributed by atoms with Crippen LogP contribution in [0.1, 0.15) is 109 Å². The first-order valence-electron chi connectivity index (χ1n) is 16.5. The first-order valence-corrected chi connectivity index (χ1v) is 16.5. The lowest BCUT2D eigenvalue weighted by Crippen LogP contribution is -2.45. The maximum atomic E-state index is 6.41. The number of hydrogen-bond acceptors (Lipinski definition) is 3. The van der Waals surface area contributed by atoms with E-state index in [0.29, 0.717) is 11.3 Å². The van der Waals surface area contributed by atoms with Crippen molar-refractivity contribution in [2.24, 2.45) is 28.6 Å². The van der Waals surface area contributed by atoms with Crippen LogP contribution in [0.3, 0.4) is 0 Å². The van der Waals surface area contributed by atoms with E-state index in [1.807, 2.05) is 36.6 Å². The largest absolute Gasteiger partial charge is 0.353 e. The van der Waals surface area contributed by atoms with Crippen LogP contribution in [0.25, 0.3) is 0 Å². The zero-order valence-corrected chi connectivity index (χ0v) is 26.8. The molecule has 0 radical (unpaired) electrons. The predicted octanol–water partition coefficient (Wildman–Crippen LogP) is 9.67. The Morgan fingerprint density at radius 1 is 0.902 bits per heavy atom. The van der Waals surface area contributed by atoms with Gasteiger partial charge < -0.3 is 9.47 Å². The molecule has 5 atom stereocenters. The highest BCUT2D eigenvalue weighted by atomic mass is 16.7. The Kier molecular flexibility index (Phi) is 9.46. The molecule has 3 fully saturated rings. The van der Waals surface area contributed by atoms with Crippen LogP contribution in [0.5, 0.6) is 0 Å². The van der Waals surface area contributed by atoms with Crippen LogP contribution in [0.15, 0.2) is 59.8 Å². The van der Waals surface area contributed by atoms with Gasteiger partial charge in [0, 0.05) is 31.8 Å². The summed E-state index contributed by atoms with van der Waals surface area (Å²) in [6.45, 7) is 12.2. The monoisotopic (exact) mass is 557 g/mol. The first kappa shape index (κ1) is 30.5. The standard InChI is InChI=1S/C24H40O2.C14H15N/c1-22(2,3)16-26-24(25-5)14-11-18-17(15-24)8-9-20-19(18)10-13-23(4)12-6-7-21(20)23;1-12-5-7-13(8-6-12)9-10-14-4-2-3-11-15-14/h17,20-21H,6-16H2,1-5H3;2-8,11H,9-10H2,1H3. The molecule has 3 nitrogen and oxygen atoms in total. The van der Waals surface area contributed by atoms with E-state index < -0.39 is 0 Å². The summed E-state index contributed by atoms with van der Waals surface area (Å²) in [5, 5.41) is 0. The molecule has 41 heavy (non-hydrogen) atoms. The number of hydrogen-bond donors (Lipinski definition) is 0. The Morgan fingerprint density at radius 3 is 2.39 bits per heavy atom. The Morgan fingerprint density at radius 2 is 1.68 bits per heavy atom. The number of aromatic nitrogens is 1. The van der Waals surface area contributed by atoms with Gasteiger partial charge in [0.2, 0.25) is 0 Å². The van der Waals surface area contributed by atoms with Crippen LogP contribution >= 0.6 is 0 Å². The summed E-state index contributed by atoms with van der Waals surface area (Å²) in [5.41, 5.74) is 8.44. The molecule has 6 rings (SSSR count). The second-order valence-corrected chi connectivity index (χ2v) is 15.1. The highest BCUT2D eigenvalue weighted by Crippen LogP contribution is 2.61. The second-order valence-electron chi connectivity index (χ2n) is 15.1. The zero-order chi connectivity index (χ0) is 29.1. The van der Waals surface area contributed by atoms with Gasteiger partial charge >= 0.3 is 0 Å². The third-order valence-corrected chi connectivity index (χ3v) is 10.8. The van der Waals surface area contributed by atoms with E-state index in [4.69, 9.17) is 9.47 Å². The van der Waals surface area contributed by atoms with Gasteiger partial charge in [0.1, 0.15) is 0 Å². The summed E-state index contributed by atoms with van der Waals surface area (Å²) in [7, 11) is 1.86. The lowest BCUT2D eigenvalue weighted by atomic mass is 9.56. The fourth-order valence-corrected chi connectivity index (χ4v) is 8.39. The van der Waals surface area contributed by atoms with Crippen molar-refractivity contribution >= 4 is 0 Å². The van der Waals surface area contributed by atoms with Gasteiger partial charge in [-0.3, -0.25) is 4.98 Å². The minimum atomic E-state index is -0.342. The van der Waals surface area contributed by atoms with Crippen molar-refractivity contribution in [1.82, 2.24) is 4.98 Å². The van der Waals surface area contributed by atoms with Crippen LogP contribution in [0, 0.1) is 35.5 Å². The number of nitrogens with zero attached hydrogens (tertiary/aromatic N) is 1. The van der Waals surface area contributed by atoms with Crippen LogP contribution in [0.2, 0.25) is 0 Å². The smallest absolute Gasteiger partial charge is 0.168 e. The average molecular weight is 558 g/mol. The fourth-order valence-electron chi connectivity index (χ4n) is 8.39. The number of ether oxygens (including phenoxy) is 2. The molecule has 3 saturated carbocycles. The topological polar surface area (TPSA) is 31.4 Å². The SMILES string of the molecule is COC1(OCC(C)(C)C)CCC2=C3CCC4(C)CCCC4C3CCC2C1.Cc1ccc(CCc2ccccn2)cc1. The van der Waals surface area contributed by atoms with E-state index in [1.165, 1.54) is 62.5 Å². The average Bonchev–Trinajstić information content (AvgIpc) is 3.38. The normalized spacial score (nSPS) is 31.0. The van der Waals surface area contributed by atoms with Crippen molar-refractivity contribution in [2.45, 2.75) is 117 Å². The van der Waals surface area contributed by atoms with E-state index in [1.54, 1.807) is 0 Å². The molecule has 1 aromatic carbocycles. The minimum absolute atomic E-state index is 0.193. The number of benzene rings is 1. The number of methoxy groups -OCH3 is 1. The Labute approximate surface area is 250 Å². The van der Waals surface area contributed by atoms with Gasteiger partial charge in [-0.05, 0) is 111 Å². The molecular weight excluding hydrogens is 502 g/mol. The molecule has 4 aliphatic carbocycles. The molecule has 1 aromatic heterocycles. The van der Waals surface area contributed by atoms with Crippen molar-refractivity contribution in [1.29, 1.82) is 0 Å². The summed E-state index contributed by atoms with van der Waals surface area (Å²) in [6, 6.07) is 14.8. The van der Waals surface area contributed by atoms with Crippen molar-refractivity contribution in [3.63, 3.8) is 0 Å². The molecule has 0 amide bonds. The van der Waals surface area contributed by atoms with Gasteiger partial charge in [0.05, 0.1) is 6.61 Å². The van der Waals surface area contributed by atoms with E-state index in [-0.39, 0.29) is 11.2 Å². The van der Waals surface area contributed by atoms with Crippen LogP contribution in [0.4, 0.5) is 0 Å². The molecule has 4 aliphatic rings. The lowest BCUT2D eigenvalue weighted by molar-refractivity contribution is -0.251. The maximum absolute atomic E-state index is 6.41. The van der Waals surface area contributed by atoms with Crippen molar-refractivity contribution in [3.05, 3.63) is 76.6 Å². The molecule has 3 heteroatoms. The number of aryl methyl sites for hydroxylation is 3. The lowest BCUT2D eigenvalue weighted by Gasteiger charge is -2.51. The number of pyridine rings is 1. The molecule has 0 spiro atoms. The van der Waals surface area contributed by atoms with Gasteiger partial charge in [-0.1, -0.05) is 81.2 Å². The van der Waals surface area contributed by atoms with Gasteiger partial charge in [0.15, 0.2) is 5.79 Å². The molecule has 224 valence electrons. The van der Waals surface area contributed by atoms with Gasteiger partial charge in [0.25, 0.3) is 0 Å². The molecule has 2 aromatic rings. The fraction of sp³-hybridized carbons (Fsp3) is 0.658. The van der Waals surface area contributed by atoms with Crippen LogP contribution in [-0.2, 0) is 22.3 Å². The molecule has 0 N–H and O–H groups in total. The molecule has 0 saturated heterocycles. The molecule has 5 unspecified atom stereocenters. The summed E-state index contributed by atoms with van der Waals surface area (Å²) in [5.74, 6) is 2.26. The summed E-state index contributed by atoms with van der Waals surface area (Å²) in [6.07, 6.45) is 17.3. The first-order chi connectivity index (χ1) is 19.6. The van der Waals surface area contributed by atoms with Gasteiger partial charge in [-0.25, -0.2) is 0 Å². The Hall–Kier alpha value is -1.97. The van der Waals surface area contributed by atoms with Crippen molar-refractivity contribution in [3.8, 4) is 0 Å². The molecule has 0 bridgehead atoms. The maximum Gasteiger partial charge on any atom is 0.168 e. The van der Waals surface area contributed by atoms with E-state index in [2.05, 4.69) is 69.9 Å². The Bertz CT molecular complexity index is 1160. The summed E-state index contributed by atoms with van der Waals surface area (Å²) < 4.78 is 12.4.